The molecule has 1 aromatic rings. The number of aryl methyl sites for hydroxylation is 1. The number of hydrogen-bond acceptors (Lipinski definition) is 3. The highest BCUT2D eigenvalue weighted by molar-refractivity contribution is 7.22. The van der Waals surface area contributed by atoms with Crippen LogP contribution in [0, 0.1) is 0 Å². The molecule has 2 N–H and O–H groups in total. The van der Waals surface area contributed by atoms with Gasteiger partial charge in [0.05, 0.1) is 0 Å². The summed E-state index contributed by atoms with van der Waals surface area (Å²) < 4.78 is 0.645. The zero-order valence-corrected chi connectivity index (χ0v) is 8.68. The fourth-order valence-electron chi connectivity index (χ4n) is 1.22. The first-order valence-corrected chi connectivity index (χ1v) is 5.50. The van der Waals surface area contributed by atoms with E-state index in [0.29, 0.717) is 4.78 Å². The van der Waals surface area contributed by atoms with Gasteiger partial charge >= 0.3 is 7.12 Å². The molecular formula is C9H15BO2S. The van der Waals surface area contributed by atoms with Crippen LogP contribution in [0.3, 0.4) is 0 Å². The van der Waals surface area contributed by atoms with Gasteiger partial charge < -0.3 is 10.0 Å². The third-order valence-corrected chi connectivity index (χ3v) is 3.15. The quantitative estimate of drug-likeness (QED) is 0.550. The van der Waals surface area contributed by atoms with Gasteiger partial charge in [-0.15, -0.1) is 11.3 Å². The van der Waals surface area contributed by atoms with E-state index in [1.54, 1.807) is 6.07 Å². The Kier molecular flexibility index (Phi) is 4.49. The van der Waals surface area contributed by atoms with Crippen LogP contribution >= 0.6 is 11.3 Å². The molecule has 0 spiro atoms. The van der Waals surface area contributed by atoms with Crippen LogP contribution in [0.5, 0.6) is 0 Å². The van der Waals surface area contributed by atoms with E-state index >= 15 is 0 Å². The lowest BCUT2D eigenvalue weighted by molar-refractivity contribution is 0.427. The Morgan fingerprint density at radius 1 is 1.31 bits per heavy atom. The smallest absolute Gasteiger partial charge is 0.423 e. The minimum atomic E-state index is -1.30. The van der Waals surface area contributed by atoms with Crippen molar-refractivity contribution in [1.29, 1.82) is 0 Å². The van der Waals surface area contributed by atoms with E-state index in [4.69, 9.17) is 10.0 Å². The predicted octanol–water partition coefficient (Wildman–Crippen LogP) is 1.16. The summed E-state index contributed by atoms with van der Waals surface area (Å²) in [6.45, 7) is 2.18. The molecule has 0 aromatic carbocycles. The number of thiophene rings is 1. The first-order chi connectivity index (χ1) is 6.24. The average molecular weight is 198 g/mol. The van der Waals surface area contributed by atoms with Crippen LogP contribution in [-0.4, -0.2) is 17.2 Å². The molecule has 1 heterocycles. The highest BCUT2D eigenvalue weighted by atomic mass is 32.1. The van der Waals surface area contributed by atoms with Gasteiger partial charge in [0.25, 0.3) is 0 Å². The monoisotopic (exact) mass is 198 g/mol. The largest absolute Gasteiger partial charge is 0.499 e. The summed E-state index contributed by atoms with van der Waals surface area (Å²) in [7, 11) is -1.30. The van der Waals surface area contributed by atoms with Crippen molar-refractivity contribution in [1.82, 2.24) is 0 Å². The van der Waals surface area contributed by atoms with Gasteiger partial charge in [0.2, 0.25) is 0 Å². The summed E-state index contributed by atoms with van der Waals surface area (Å²) in [6, 6.07) is 3.77. The molecule has 1 aromatic heterocycles. The Bertz CT molecular complexity index is 248. The zero-order valence-electron chi connectivity index (χ0n) is 7.86. The Balaban J connectivity index is 2.40. The van der Waals surface area contributed by atoms with E-state index in [9.17, 15) is 0 Å². The van der Waals surface area contributed by atoms with Crippen LogP contribution in [0.2, 0.25) is 0 Å². The molecule has 13 heavy (non-hydrogen) atoms. The van der Waals surface area contributed by atoms with Crippen molar-refractivity contribution < 1.29 is 10.0 Å². The first-order valence-electron chi connectivity index (χ1n) is 4.68. The Hall–Kier alpha value is -0.315. The van der Waals surface area contributed by atoms with E-state index in [-0.39, 0.29) is 0 Å². The van der Waals surface area contributed by atoms with Crippen LogP contribution in [0.25, 0.3) is 0 Å². The predicted molar refractivity (Wildman–Crippen MR) is 57.4 cm³/mol. The molecule has 0 saturated carbocycles. The molecule has 0 amide bonds. The molecule has 0 aliphatic carbocycles. The van der Waals surface area contributed by atoms with Crippen molar-refractivity contribution in [2.24, 2.45) is 0 Å². The molecule has 0 aliphatic heterocycles. The van der Waals surface area contributed by atoms with Gasteiger partial charge in [0.1, 0.15) is 0 Å². The number of unbranched alkanes of at least 4 members (excludes halogenated alkanes) is 2. The standard InChI is InChI=1S/C9H15BO2S/c1-2-3-4-5-8-6-7-9(13-8)10(11)12/h6-7,11-12H,2-5H2,1H3. The summed E-state index contributed by atoms with van der Waals surface area (Å²) >= 11 is 1.49. The SMILES string of the molecule is CCCCCc1ccc(B(O)O)s1. The van der Waals surface area contributed by atoms with Gasteiger partial charge in [0.15, 0.2) is 0 Å². The third kappa shape index (κ3) is 3.50. The van der Waals surface area contributed by atoms with E-state index in [0.717, 1.165) is 6.42 Å². The molecule has 1 rings (SSSR count). The van der Waals surface area contributed by atoms with Gasteiger partial charge in [-0.05, 0) is 18.9 Å². The van der Waals surface area contributed by atoms with E-state index in [1.165, 1.54) is 35.5 Å². The number of rotatable bonds is 5. The van der Waals surface area contributed by atoms with Crippen molar-refractivity contribution in [3.8, 4) is 0 Å². The fraction of sp³-hybridized carbons (Fsp3) is 0.556. The molecule has 0 saturated heterocycles. The van der Waals surface area contributed by atoms with E-state index < -0.39 is 7.12 Å². The van der Waals surface area contributed by atoms with Crippen molar-refractivity contribution >= 4 is 23.2 Å². The van der Waals surface area contributed by atoms with Gasteiger partial charge in [-0.1, -0.05) is 25.8 Å². The van der Waals surface area contributed by atoms with Crippen LogP contribution in [0.1, 0.15) is 31.1 Å². The summed E-state index contributed by atoms with van der Waals surface area (Å²) in [5.41, 5.74) is 0. The average Bonchev–Trinajstić information content (AvgIpc) is 2.53. The van der Waals surface area contributed by atoms with Crippen LogP contribution < -0.4 is 4.78 Å². The first kappa shape index (κ1) is 10.8. The Morgan fingerprint density at radius 2 is 2.08 bits per heavy atom. The summed E-state index contributed by atoms with van der Waals surface area (Å²) in [5.74, 6) is 0. The van der Waals surface area contributed by atoms with Gasteiger partial charge in [-0.25, -0.2) is 0 Å². The maximum absolute atomic E-state index is 8.87. The minimum absolute atomic E-state index is 0.645. The molecular weight excluding hydrogens is 183 g/mol. The molecule has 2 nitrogen and oxygen atoms in total. The highest BCUT2D eigenvalue weighted by Gasteiger charge is 2.12. The maximum atomic E-state index is 8.87. The topological polar surface area (TPSA) is 40.5 Å². The molecule has 0 radical (unpaired) electrons. The van der Waals surface area contributed by atoms with E-state index in [1.807, 2.05) is 6.07 Å². The van der Waals surface area contributed by atoms with Crippen LogP contribution in [-0.2, 0) is 6.42 Å². The van der Waals surface area contributed by atoms with Crippen LogP contribution in [0.4, 0.5) is 0 Å². The highest BCUT2D eigenvalue weighted by Crippen LogP contribution is 2.11. The third-order valence-electron chi connectivity index (χ3n) is 1.96. The van der Waals surface area contributed by atoms with Crippen molar-refractivity contribution in [2.75, 3.05) is 0 Å². The molecule has 0 aliphatic rings. The fourth-order valence-corrected chi connectivity index (χ4v) is 2.14. The molecule has 4 heteroatoms. The van der Waals surface area contributed by atoms with Crippen LogP contribution in [0.15, 0.2) is 12.1 Å². The van der Waals surface area contributed by atoms with Gasteiger partial charge in [-0.2, -0.15) is 0 Å². The molecule has 0 atom stereocenters. The minimum Gasteiger partial charge on any atom is -0.423 e. The Labute approximate surface area is 83.4 Å². The second-order valence-corrected chi connectivity index (χ2v) is 4.33. The zero-order chi connectivity index (χ0) is 9.68. The summed E-state index contributed by atoms with van der Waals surface area (Å²) in [5, 5.41) is 17.7. The maximum Gasteiger partial charge on any atom is 0.499 e. The normalized spacial score (nSPS) is 10.4. The van der Waals surface area contributed by atoms with Crippen molar-refractivity contribution in [2.45, 2.75) is 32.6 Å². The lowest BCUT2D eigenvalue weighted by Gasteiger charge is -1.95. The molecule has 72 valence electrons. The summed E-state index contributed by atoms with van der Waals surface area (Å²) in [6.07, 6.45) is 4.72. The summed E-state index contributed by atoms with van der Waals surface area (Å²) in [4.78, 5) is 1.25. The second kappa shape index (κ2) is 5.42. The van der Waals surface area contributed by atoms with Crippen molar-refractivity contribution in [3.63, 3.8) is 0 Å². The second-order valence-electron chi connectivity index (χ2n) is 3.13. The lowest BCUT2D eigenvalue weighted by Crippen LogP contribution is -2.26. The molecule has 0 fully saturated rings. The van der Waals surface area contributed by atoms with Crippen molar-refractivity contribution in [3.05, 3.63) is 17.0 Å². The van der Waals surface area contributed by atoms with E-state index in [2.05, 4.69) is 6.92 Å². The molecule has 0 bridgehead atoms. The lowest BCUT2D eigenvalue weighted by atomic mass is 9.90. The number of hydrogen-bond donors (Lipinski definition) is 2. The Morgan fingerprint density at radius 3 is 2.62 bits per heavy atom. The molecule has 0 unspecified atom stereocenters. The van der Waals surface area contributed by atoms with Gasteiger partial charge in [-0.3, -0.25) is 0 Å². The van der Waals surface area contributed by atoms with Gasteiger partial charge in [0, 0.05) is 9.65 Å².